The SMILES string of the molecule is N#CC1CCCN(C(=O)c2c[nH]ccc2=O)C1. The Morgan fingerprint density at radius 3 is 3.12 bits per heavy atom. The van der Waals surface area contributed by atoms with Crippen molar-refractivity contribution in [1.29, 1.82) is 5.26 Å². The highest BCUT2D eigenvalue weighted by Gasteiger charge is 2.25. The number of aromatic amines is 1. The van der Waals surface area contributed by atoms with Crippen LogP contribution in [0.5, 0.6) is 0 Å². The lowest BCUT2D eigenvalue weighted by atomic mass is 9.99. The summed E-state index contributed by atoms with van der Waals surface area (Å²) >= 11 is 0. The van der Waals surface area contributed by atoms with Gasteiger partial charge in [0.05, 0.1) is 12.0 Å². The van der Waals surface area contributed by atoms with Crippen molar-refractivity contribution < 1.29 is 4.79 Å². The third kappa shape index (κ3) is 2.36. The van der Waals surface area contributed by atoms with E-state index in [0.29, 0.717) is 13.1 Å². The quantitative estimate of drug-likeness (QED) is 0.774. The number of nitrogens with one attached hydrogen (secondary N) is 1. The summed E-state index contributed by atoms with van der Waals surface area (Å²) in [5, 5.41) is 8.86. The van der Waals surface area contributed by atoms with E-state index in [1.54, 1.807) is 4.90 Å². The van der Waals surface area contributed by atoms with Crippen molar-refractivity contribution in [3.05, 3.63) is 34.2 Å². The summed E-state index contributed by atoms with van der Waals surface area (Å²) in [6, 6.07) is 3.51. The maximum Gasteiger partial charge on any atom is 0.259 e. The Kier molecular flexibility index (Phi) is 3.24. The lowest BCUT2D eigenvalue weighted by Crippen LogP contribution is -2.41. The number of piperidine rings is 1. The summed E-state index contributed by atoms with van der Waals surface area (Å²) in [5.41, 5.74) is -0.140. The Labute approximate surface area is 98.7 Å². The van der Waals surface area contributed by atoms with Crippen LogP contribution >= 0.6 is 0 Å². The maximum atomic E-state index is 12.1. The smallest absolute Gasteiger partial charge is 0.259 e. The fourth-order valence-electron chi connectivity index (χ4n) is 2.02. The van der Waals surface area contributed by atoms with Gasteiger partial charge in [0.25, 0.3) is 5.91 Å². The molecule has 1 fully saturated rings. The Balaban J connectivity index is 2.19. The van der Waals surface area contributed by atoms with Gasteiger partial charge in [0.1, 0.15) is 5.56 Å². The number of amides is 1. The first-order valence-electron chi connectivity index (χ1n) is 5.58. The number of nitriles is 1. The number of aromatic nitrogens is 1. The van der Waals surface area contributed by atoms with E-state index in [4.69, 9.17) is 5.26 Å². The largest absolute Gasteiger partial charge is 0.367 e. The number of carbonyl (C=O) groups is 1. The van der Waals surface area contributed by atoms with Crippen LogP contribution in [-0.4, -0.2) is 28.9 Å². The number of pyridine rings is 1. The molecule has 5 nitrogen and oxygen atoms in total. The fraction of sp³-hybridized carbons (Fsp3) is 0.417. The van der Waals surface area contributed by atoms with Gasteiger partial charge in [0.2, 0.25) is 0 Å². The van der Waals surface area contributed by atoms with Crippen LogP contribution in [0.25, 0.3) is 0 Å². The van der Waals surface area contributed by atoms with E-state index in [2.05, 4.69) is 11.1 Å². The molecule has 0 spiro atoms. The van der Waals surface area contributed by atoms with E-state index in [1.807, 2.05) is 0 Å². The zero-order chi connectivity index (χ0) is 12.3. The summed E-state index contributed by atoms with van der Waals surface area (Å²) in [6.45, 7) is 1.04. The number of hydrogen-bond donors (Lipinski definition) is 1. The van der Waals surface area contributed by atoms with Crippen LogP contribution in [0.15, 0.2) is 23.3 Å². The van der Waals surface area contributed by atoms with Crippen molar-refractivity contribution in [2.24, 2.45) is 5.92 Å². The van der Waals surface area contributed by atoms with E-state index in [0.717, 1.165) is 12.8 Å². The lowest BCUT2D eigenvalue weighted by molar-refractivity contribution is 0.0697. The van der Waals surface area contributed by atoms with Crippen molar-refractivity contribution in [3.63, 3.8) is 0 Å². The Hall–Kier alpha value is -2.09. The molecule has 0 radical (unpaired) electrons. The minimum atomic E-state index is -0.285. The van der Waals surface area contributed by atoms with Gasteiger partial charge in [0, 0.05) is 31.5 Å². The average Bonchev–Trinajstić information content (AvgIpc) is 2.38. The molecule has 17 heavy (non-hydrogen) atoms. The molecule has 1 aliphatic rings. The van der Waals surface area contributed by atoms with Gasteiger partial charge in [-0.15, -0.1) is 0 Å². The molecule has 5 heteroatoms. The molecule has 88 valence electrons. The molecule has 0 aromatic carbocycles. The van der Waals surface area contributed by atoms with E-state index in [9.17, 15) is 9.59 Å². The van der Waals surface area contributed by atoms with Crippen LogP contribution in [-0.2, 0) is 0 Å². The van der Waals surface area contributed by atoms with Gasteiger partial charge in [-0.1, -0.05) is 0 Å². The molecule has 1 saturated heterocycles. The van der Waals surface area contributed by atoms with Crippen LogP contribution in [0, 0.1) is 17.2 Å². The molecule has 1 aromatic heterocycles. The summed E-state index contributed by atoms with van der Waals surface area (Å²) in [6.07, 6.45) is 4.55. The van der Waals surface area contributed by atoms with Crippen LogP contribution in [0.1, 0.15) is 23.2 Å². The minimum Gasteiger partial charge on any atom is -0.367 e. The number of H-pyrrole nitrogens is 1. The van der Waals surface area contributed by atoms with Crippen LogP contribution in [0.2, 0.25) is 0 Å². The first-order valence-corrected chi connectivity index (χ1v) is 5.58. The molecule has 2 rings (SSSR count). The molecular weight excluding hydrogens is 218 g/mol. The van der Waals surface area contributed by atoms with Crippen LogP contribution < -0.4 is 5.43 Å². The van der Waals surface area contributed by atoms with Gasteiger partial charge < -0.3 is 9.88 Å². The highest BCUT2D eigenvalue weighted by atomic mass is 16.2. The molecule has 1 aliphatic heterocycles. The molecule has 0 bridgehead atoms. The second-order valence-electron chi connectivity index (χ2n) is 4.14. The first-order chi connectivity index (χ1) is 8.22. The summed E-state index contributed by atoms with van der Waals surface area (Å²) in [7, 11) is 0. The highest BCUT2D eigenvalue weighted by Crippen LogP contribution is 2.16. The molecular formula is C12H13N3O2. The summed E-state index contributed by atoms with van der Waals surface area (Å²) in [5.74, 6) is -0.401. The van der Waals surface area contributed by atoms with Crippen molar-refractivity contribution >= 4 is 5.91 Å². The number of nitrogens with zero attached hydrogens (tertiary/aromatic N) is 2. The second-order valence-corrected chi connectivity index (χ2v) is 4.14. The summed E-state index contributed by atoms with van der Waals surface area (Å²) < 4.78 is 0. The van der Waals surface area contributed by atoms with Crippen molar-refractivity contribution in [2.45, 2.75) is 12.8 Å². The van der Waals surface area contributed by atoms with Gasteiger partial charge in [-0.25, -0.2) is 0 Å². The van der Waals surface area contributed by atoms with E-state index >= 15 is 0 Å². The molecule has 1 aromatic rings. The Morgan fingerprint density at radius 2 is 2.41 bits per heavy atom. The average molecular weight is 231 g/mol. The lowest BCUT2D eigenvalue weighted by Gasteiger charge is -2.29. The van der Waals surface area contributed by atoms with Crippen molar-refractivity contribution in [2.75, 3.05) is 13.1 Å². The van der Waals surface area contributed by atoms with E-state index in [1.165, 1.54) is 18.5 Å². The molecule has 1 amide bonds. The second kappa shape index (κ2) is 4.83. The fourth-order valence-corrected chi connectivity index (χ4v) is 2.02. The normalized spacial score (nSPS) is 19.7. The predicted octanol–water partition coefficient (Wildman–Crippen LogP) is 0.751. The predicted molar refractivity (Wildman–Crippen MR) is 61.3 cm³/mol. The molecule has 1 unspecified atom stereocenters. The summed E-state index contributed by atoms with van der Waals surface area (Å²) in [4.78, 5) is 27.9. The van der Waals surface area contributed by atoms with Gasteiger partial charge in [-0.3, -0.25) is 9.59 Å². The minimum absolute atomic E-state index is 0.115. The van der Waals surface area contributed by atoms with Gasteiger partial charge >= 0.3 is 0 Å². The molecule has 1 N–H and O–H groups in total. The zero-order valence-corrected chi connectivity index (χ0v) is 9.35. The third-order valence-electron chi connectivity index (χ3n) is 2.95. The number of rotatable bonds is 1. The maximum absolute atomic E-state index is 12.1. The first kappa shape index (κ1) is 11.4. The topological polar surface area (TPSA) is 77.0 Å². The monoisotopic (exact) mass is 231 g/mol. The highest BCUT2D eigenvalue weighted by molar-refractivity contribution is 5.93. The zero-order valence-electron chi connectivity index (χ0n) is 9.35. The van der Waals surface area contributed by atoms with Crippen LogP contribution in [0.4, 0.5) is 0 Å². The Morgan fingerprint density at radius 1 is 1.59 bits per heavy atom. The molecule has 0 aliphatic carbocycles. The van der Waals surface area contributed by atoms with Gasteiger partial charge in [-0.2, -0.15) is 5.26 Å². The molecule has 0 saturated carbocycles. The van der Waals surface area contributed by atoms with Crippen molar-refractivity contribution in [3.8, 4) is 6.07 Å². The van der Waals surface area contributed by atoms with Gasteiger partial charge in [-0.05, 0) is 12.8 Å². The number of hydrogen-bond acceptors (Lipinski definition) is 3. The molecule has 1 atom stereocenters. The number of carbonyl (C=O) groups excluding carboxylic acids is 1. The van der Waals surface area contributed by atoms with Crippen molar-refractivity contribution in [1.82, 2.24) is 9.88 Å². The third-order valence-corrected chi connectivity index (χ3v) is 2.95. The Bertz CT molecular complexity index is 515. The molecule has 2 heterocycles. The number of likely N-dealkylation sites (tertiary alicyclic amines) is 1. The standard InChI is InChI=1S/C12H13N3O2/c13-6-9-2-1-5-15(8-9)12(17)10-7-14-4-3-11(10)16/h3-4,7,9H,1-2,5,8H2,(H,14,16). The van der Waals surface area contributed by atoms with E-state index in [-0.39, 0.29) is 22.8 Å². The van der Waals surface area contributed by atoms with E-state index < -0.39 is 0 Å². The van der Waals surface area contributed by atoms with Gasteiger partial charge in [0.15, 0.2) is 5.43 Å². The van der Waals surface area contributed by atoms with Crippen LogP contribution in [0.3, 0.4) is 0 Å².